The van der Waals surface area contributed by atoms with Gasteiger partial charge in [0.05, 0.1) is 0 Å². The van der Waals surface area contributed by atoms with Crippen molar-refractivity contribution in [3.63, 3.8) is 0 Å². The Hall–Kier alpha value is -5.72. The third-order valence-electron chi connectivity index (χ3n) is 8.69. The van der Waals surface area contributed by atoms with Gasteiger partial charge in [-0.2, -0.15) is 0 Å². The summed E-state index contributed by atoms with van der Waals surface area (Å²) in [5.74, 6) is 0. The number of hydrogen-bond donors (Lipinski definition) is 0. The van der Waals surface area contributed by atoms with Crippen molar-refractivity contribution in [3.8, 4) is 55.6 Å². The van der Waals surface area contributed by atoms with Crippen LogP contribution in [0.3, 0.4) is 0 Å². The van der Waals surface area contributed by atoms with E-state index in [4.69, 9.17) is 0 Å². The average Bonchev–Trinajstić information content (AvgIpc) is 3.11. The summed E-state index contributed by atoms with van der Waals surface area (Å²) in [7, 11) is 0. The lowest BCUT2D eigenvalue weighted by atomic mass is 9.83. The Balaban J connectivity index is 1.42. The Morgan fingerprint density at radius 2 is 0.568 bits per heavy atom. The smallest absolute Gasteiger partial charge is 0.00199 e. The van der Waals surface area contributed by atoms with Gasteiger partial charge in [0, 0.05) is 0 Å². The van der Waals surface area contributed by atoms with E-state index in [2.05, 4.69) is 182 Å². The molecule has 8 aromatic carbocycles. The molecule has 0 nitrogen and oxygen atoms in total. The molecule has 8 aromatic rings. The predicted octanol–water partition coefficient (Wildman–Crippen LogP) is 12.3. The standard InChI is InChI=1S/C44H30/c1-4-14-31(15-5-1)33-24-26-35(27-25-33)43-38-20-10-12-22-40(38)44(41-23-13-11-21-39(41)43)42-30-36(32-16-6-2-7-17-32)28-29-37(42)34-18-8-3-9-19-34/h1-30H. The van der Waals surface area contributed by atoms with Gasteiger partial charge in [-0.3, -0.25) is 0 Å². The molecule has 0 unspecified atom stereocenters. The summed E-state index contributed by atoms with van der Waals surface area (Å²) in [6.45, 7) is 0. The largest absolute Gasteiger partial charge is 0.0622 e. The zero-order valence-electron chi connectivity index (χ0n) is 24.3. The predicted molar refractivity (Wildman–Crippen MR) is 189 cm³/mol. The van der Waals surface area contributed by atoms with E-state index in [1.54, 1.807) is 0 Å². The van der Waals surface area contributed by atoms with Gasteiger partial charge in [0.25, 0.3) is 0 Å². The Bertz CT molecular complexity index is 2170. The molecule has 0 aliphatic carbocycles. The van der Waals surface area contributed by atoms with Gasteiger partial charge in [-0.05, 0) is 83.2 Å². The lowest BCUT2D eigenvalue weighted by molar-refractivity contribution is 1.58. The van der Waals surface area contributed by atoms with Gasteiger partial charge in [-0.25, -0.2) is 0 Å². The van der Waals surface area contributed by atoms with Crippen molar-refractivity contribution in [1.29, 1.82) is 0 Å². The highest BCUT2D eigenvalue weighted by Crippen LogP contribution is 2.47. The maximum Gasteiger partial charge on any atom is -0.00199 e. The van der Waals surface area contributed by atoms with Crippen LogP contribution in [0.5, 0.6) is 0 Å². The molecule has 0 bridgehead atoms. The van der Waals surface area contributed by atoms with Crippen LogP contribution < -0.4 is 0 Å². The van der Waals surface area contributed by atoms with Crippen molar-refractivity contribution in [2.24, 2.45) is 0 Å². The monoisotopic (exact) mass is 558 g/mol. The second kappa shape index (κ2) is 11.2. The average molecular weight is 559 g/mol. The van der Waals surface area contributed by atoms with Crippen LogP contribution in [0.4, 0.5) is 0 Å². The van der Waals surface area contributed by atoms with Crippen LogP contribution in [-0.4, -0.2) is 0 Å². The van der Waals surface area contributed by atoms with Crippen LogP contribution in [-0.2, 0) is 0 Å². The maximum absolute atomic E-state index is 2.39. The van der Waals surface area contributed by atoms with E-state index in [-0.39, 0.29) is 0 Å². The van der Waals surface area contributed by atoms with Crippen LogP contribution in [0.1, 0.15) is 0 Å². The van der Waals surface area contributed by atoms with Crippen molar-refractivity contribution < 1.29 is 0 Å². The van der Waals surface area contributed by atoms with Gasteiger partial charge >= 0.3 is 0 Å². The molecule has 0 spiro atoms. The molecule has 8 rings (SSSR count). The van der Waals surface area contributed by atoms with Crippen LogP contribution >= 0.6 is 0 Å². The fourth-order valence-electron chi connectivity index (χ4n) is 6.62. The zero-order valence-corrected chi connectivity index (χ0v) is 24.3. The Labute approximate surface area is 258 Å². The molecule has 0 aliphatic rings. The third kappa shape index (κ3) is 4.58. The summed E-state index contributed by atoms with van der Waals surface area (Å²) in [5, 5.41) is 5.04. The Kier molecular flexibility index (Phi) is 6.59. The molecule has 0 aromatic heterocycles. The lowest BCUT2D eigenvalue weighted by Gasteiger charge is -2.20. The van der Waals surface area contributed by atoms with Gasteiger partial charge in [0.2, 0.25) is 0 Å². The minimum absolute atomic E-state index is 1.22. The summed E-state index contributed by atoms with van der Waals surface area (Å²) in [4.78, 5) is 0. The van der Waals surface area contributed by atoms with Crippen LogP contribution in [0.15, 0.2) is 182 Å². The fourth-order valence-corrected chi connectivity index (χ4v) is 6.62. The van der Waals surface area contributed by atoms with E-state index in [1.807, 2.05) is 0 Å². The highest BCUT2D eigenvalue weighted by atomic mass is 14.2. The molecule has 0 fully saturated rings. The second-order valence-electron chi connectivity index (χ2n) is 11.3. The number of hydrogen-bond acceptors (Lipinski definition) is 0. The van der Waals surface area contributed by atoms with Crippen molar-refractivity contribution in [1.82, 2.24) is 0 Å². The first kappa shape index (κ1) is 25.9. The molecule has 0 heterocycles. The molecular formula is C44H30. The molecule has 44 heavy (non-hydrogen) atoms. The SMILES string of the molecule is c1ccc(-c2ccc(-c3c4ccccc4c(-c4cc(-c5ccccc5)ccc4-c4ccccc4)c4ccccc34)cc2)cc1. The molecule has 0 aliphatic heterocycles. The Morgan fingerprint density at radius 3 is 1.09 bits per heavy atom. The van der Waals surface area contributed by atoms with E-state index < -0.39 is 0 Å². The van der Waals surface area contributed by atoms with Crippen LogP contribution in [0.2, 0.25) is 0 Å². The number of rotatable bonds is 5. The van der Waals surface area contributed by atoms with Gasteiger partial charge in [-0.1, -0.05) is 176 Å². The quantitative estimate of drug-likeness (QED) is 0.184. The highest BCUT2D eigenvalue weighted by molar-refractivity contribution is 6.22. The molecule has 0 N–H and O–H groups in total. The normalized spacial score (nSPS) is 11.2. The van der Waals surface area contributed by atoms with Crippen LogP contribution in [0, 0.1) is 0 Å². The van der Waals surface area contributed by atoms with Gasteiger partial charge in [-0.15, -0.1) is 0 Å². The highest BCUT2D eigenvalue weighted by Gasteiger charge is 2.19. The van der Waals surface area contributed by atoms with Crippen molar-refractivity contribution in [2.75, 3.05) is 0 Å². The molecule has 0 amide bonds. The summed E-state index contributed by atoms with van der Waals surface area (Å²) < 4.78 is 0. The van der Waals surface area contributed by atoms with Gasteiger partial charge in [0.1, 0.15) is 0 Å². The molecule has 206 valence electrons. The molecule has 0 atom stereocenters. The molecule has 0 radical (unpaired) electrons. The lowest BCUT2D eigenvalue weighted by Crippen LogP contribution is -1.93. The molecule has 0 heteroatoms. The van der Waals surface area contributed by atoms with Crippen molar-refractivity contribution in [3.05, 3.63) is 182 Å². The third-order valence-corrected chi connectivity index (χ3v) is 8.69. The summed E-state index contributed by atoms with van der Waals surface area (Å²) in [6, 6.07) is 65.9. The van der Waals surface area contributed by atoms with Crippen LogP contribution in [0.25, 0.3) is 77.2 Å². The number of benzene rings is 8. The van der Waals surface area contributed by atoms with E-state index in [1.165, 1.54) is 77.2 Å². The first-order chi connectivity index (χ1) is 21.8. The van der Waals surface area contributed by atoms with E-state index in [0.717, 1.165) is 0 Å². The fraction of sp³-hybridized carbons (Fsp3) is 0. The minimum Gasteiger partial charge on any atom is -0.0622 e. The van der Waals surface area contributed by atoms with E-state index in [9.17, 15) is 0 Å². The summed E-state index contributed by atoms with van der Waals surface area (Å²) >= 11 is 0. The Morgan fingerprint density at radius 1 is 0.205 bits per heavy atom. The maximum atomic E-state index is 2.39. The topological polar surface area (TPSA) is 0 Å². The molecule has 0 saturated heterocycles. The van der Waals surface area contributed by atoms with Gasteiger partial charge in [0.15, 0.2) is 0 Å². The molecular weight excluding hydrogens is 528 g/mol. The first-order valence-electron chi connectivity index (χ1n) is 15.2. The zero-order chi connectivity index (χ0) is 29.3. The summed E-state index contributed by atoms with van der Waals surface area (Å²) in [5.41, 5.74) is 12.4. The minimum atomic E-state index is 1.22. The summed E-state index contributed by atoms with van der Waals surface area (Å²) in [6.07, 6.45) is 0. The second-order valence-corrected chi connectivity index (χ2v) is 11.3. The van der Waals surface area contributed by atoms with Crippen molar-refractivity contribution in [2.45, 2.75) is 0 Å². The van der Waals surface area contributed by atoms with E-state index in [0.29, 0.717) is 0 Å². The van der Waals surface area contributed by atoms with Crippen molar-refractivity contribution >= 4 is 21.5 Å². The molecule has 0 saturated carbocycles. The van der Waals surface area contributed by atoms with E-state index >= 15 is 0 Å². The first-order valence-corrected chi connectivity index (χ1v) is 15.2. The van der Waals surface area contributed by atoms with Gasteiger partial charge < -0.3 is 0 Å². The number of fused-ring (bicyclic) bond motifs is 2.